The van der Waals surface area contributed by atoms with Gasteiger partial charge in [-0.15, -0.1) is 0 Å². The van der Waals surface area contributed by atoms with E-state index < -0.39 is 39.8 Å². The van der Waals surface area contributed by atoms with Crippen LogP contribution in [0.5, 0.6) is 0 Å². The average Bonchev–Trinajstić information content (AvgIpc) is 3.17. The fourth-order valence-electron chi connectivity index (χ4n) is 2.55. The van der Waals surface area contributed by atoms with Crippen LogP contribution in [0.15, 0.2) is 52.0 Å². The summed E-state index contributed by atoms with van der Waals surface area (Å²) in [6, 6.07) is 6.44. The second-order valence-corrected chi connectivity index (χ2v) is 9.29. The van der Waals surface area contributed by atoms with Gasteiger partial charge in [-0.3, -0.25) is 0 Å². The SMILES string of the molecule is COC(=O)[C@H](NC(=O)OC(C)(C)C)[C@H](NS(=O)(=O)c1ccc(C)cc1)c1ccco1. The summed E-state index contributed by atoms with van der Waals surface area (Å²) in [4.78, 5) is 24.7. The first kappa shape index (κ1) is 23.4. The fraction of sp³-hybridized carbons (Fsp3) is 0.400. The quantitative estimate of drug-likeness (QED) is 0.637. The van der Waals surface area contributed by atoms with E-state index in [9.17, 15) is 18.0 Å². The highest BCUT2D eigenvalue weighted by molar-refractivity contribution is 7.89. The summed E-state index contributed by atoms with van der Waals surface area (Å²) >= 11 is 0. The van der Waals surface area contributed by atoms with Crippen LogP contribution in [-0.4, -0.2) is 39.2 Å². The van der Waals surface area contributed by atoms with Gasteiger partial charge in [-0.05, 0) is 52.0 Å². The van der Waals surface area contributed by atoms with Crippen LogP contribution in [0.25, 0.3) is 0 Å². The number of esters is 1. The minimum Gasteiger partial charge on any atom is -0.468 e. The van der Waals surface area contributed by atoms with Gasteiger partial charge in [-0.25, -0.2) is 18.0 Å². The number of benzene rings is 1. The Labute approximate surface area is 175 Å². The number of aryl methyl sites for hydroxylation is 1. The molecule has 1 heterocycles. The molecule has 0 bridgehead atoms. The maximum Gasteiger partial charge on any atom is 0.408 e. The number of nitrogens with one attached hydrogen (secondary N) is 2. The molecular weight excluding hydrogens is 412 g/mol. The van der Waals surface area contributed by atoms with Crippen LogP contribution < -0.4 is 10.0 Å². The Bertz CT molecular complexity index is 962. The predicted octanol–water partition coefficient (Wildman–Crippen LogP) is 2.67. The monoisotopic (exact) mass is 438 g/mol. The van der Waals surface area contributed by atoms with Crippen molar-refractivity contribution in [3.05, 3.63) is 54.0 Å². The molecule has 2 aromatic rings. The molecular formula is C20H26N2O7S. The standard InChI is InChI=1S/C20H26N2O7S/c1-13-8-10-14(11-9-13)30(25,26)22-16(15-7-6-12-28-15)17(18(23)27-5)21-19(24)29-20(2,3)4/h6-12,16-17,22H,1-5H3,(H,21,24)/t16-,17-/m1/s1. The van der Waals surface area contributed by atoms with Gasteiger partial charge in [0.2, 0.25) is 10.0 Å². The molecule has 2 rings (SSSR count). The van der Waals surface area contributed by atoms with Crippen molar-refractivity contribution in [1.82, 2.24) is 10.0 Å². The maximum absolute atomic E-state index is 12.9. The number of ether oxygens (including phenoxy) is 2. The minimum absolute atomic E-state index is 0.00876. The highest BCUT2D eigenvalue weighted by atomic mass is 32.2. The Hall–Kier alpha value is -2.85. The van der Waals surface area contributed by atoms with E-state index in [2.05, 4.69) is 10.0 Å². The number of amides is 1. The lowest BCUT2D eigenvalue weighted by Crippen LogP contribution is -2.51. The molecule has 0 radical (unpaired) electrons. The largest absolute Gasteiger partial charge is 0.468 e. The Balaban J connectivity index is 2.40. The number of sulfonamides is 1. The third-order valence-corrected chi connectivity index (χ3v) is 5.38. The van der Waals surface area contributed by atoms with Gasteiger partial charge in [0.25, 0.3) is 0 Å². The Morgan fingerprint density at radius 1 is 1.10 bits per heavy atom. The lowest BCUT2D eigenvalue weighted by molar-refractivity contribution is -0.144. The van der Waals surface area contributed by atoms with E-state index in [-0.39, 0.29) is 10.7 Å². The summed E-state index contributed by atoms with van der Waals surface area (Å²) in [5.74, 6) is -0.772. The van der Waals surface area contributed by atoms with E-state index in [1.54, 1.807) is 32.9 Å². The number of methoxy groups -OCH3 is 1. The van der Waals surface area contributed by atoms with Crippen LogP contribution in [-0.2, 0) is 24.3 Å². The number of hydrogen-bond acceptors (Lipinski definition) is 7. The molecule has 0 aliphatic heterocycles. The van der Waals surface area contributed by atoms with Crippen molar-refractivity contribution in [3.63, 3.8) is 0 Å². The molecule has 2 atom stereocenters. The zero-order valence-electron chi connectivity index (χ0n) is 17.5. The molecule has 0 aliphatic rings. The van der Waals surface area contributed by atoms with E-state index in [4.69, 9.17) is 13.9 Å². The summed E-state index contributed by atoms with van der Waals surface area (Å²) in [7, 11) is -2.95. The highest BCUT2D eigenvalue weighted by Gasteiger charge is 2.38. The van der Waals surface area contributed by atoms with Crippen molar-refractivity contribution >= 4 is 22.1 Å². The first-order chi connectivity index (χ1) is 13.9. The molecule has 2 N–H and O–H groups in total. The molecule has 1 amide bonds. The Kier molecular flexibility index (Phi) is 7.27. The summed E-state index contributed by atoms with van der Waals surface area (Å²) < 4.78 is 43.6. The summed E-state index contributed by atoms with van der Waals surface area (Å²) in [5.41, 5.74) is 0.0577. The van der Waals surface area contributed by atoms with Gasteiger partial charge in [0.1, 0.15) is 17.4 Å². The van der Waals surface area contributed by atoms with Crippen molar-refractivity contribution in [1.29, 1.82) is 0 Å². The van der Waals surface area contributed by atoms with Crippen LogP contribution in [0.4, 0.5) is 4.79 Å². The highest BCUT2D eigenvalue weighted by Crippen LogP contribution is 2.23. The van der Waals surface area contributed by atoms with Gasteiger partial charge < -0.3 is 19.2 Å². The van der Waals surface area contributed by atoms with Crippen molar-refractivity contribution in [2.45, 2.75) is 50.3 Å². The molecule has 164 valence electrons. The molecule has 1 aromatic heterocycles. The molecule has 10 heteroatoms. The number of carbonyl (C=O) groups excluding carboxylic acids is 2. The lowest BCUT2D eigenvalue weighted by atomic mass is 10.1. The second-order valence-electron chi connectivity index (χ2n) is 7.57. The van der Waals surface area contributed by atoms with E-state index >= 15 is 0 Å². The van der Waals surface area contributed by atoms with Crippen LogP contribution >= 0.6 is 0 Å². The lowest BCUT2D eigenvalue weighted by Gasteiger charge is -2.27. The smallest absolute Gasteiger partial charge is 0.408 e. The van der Waals surface area contributed by atoms with Crippen LogP contribution in [0.1, 0.15) is 38.1 Å². The summed E-state index contributed by atoms with van der Waals surface area (Å²) in [6.07, 6.45) is 0.411. The molecule has 0 unspecified atom stereocenters. The van der Waals surface area contributed by atoms with Gasteiger partial charge in [-0.1, -0.05) is 17.7 Å². The van der Waals surface area contributed by atoms with Crippen molar-refractivity contribution in [2.24, 2.45) is 0 Å². The van der Waals surface area contributed by atoms with E-state index in [1.807, 2.05) is 6.92 Å². The average molecular weight is 439 g/mol. The zero-order chi connectivity index (χ0) is 22.5. The summed E-state index contributed by atoms with van der Waals surface area (Å²) in [6.45, 7) is 6.80. The summed E-state index contributed by atoms with van der Waals surface area (Å²) in [5, 5.41) is 2.37. The minimum atomic E-state index is -4.07. The van der Waals surface area contributed by atoms with Crippen LogP contribution in [0.2, 0.25) is 0 Å². The maximum atomic E-state index is 12.9. The topological polar surface area (TPSA) is 124 Å². The van der Waals surface area contributed by atoms with Crippen molar-refractivity contribution in [2.75, 3.05) is 7.11 Å². The Morgan fingerprint density at radius 2 is 1.73 bits per heavy atom. The van der Waals surface area contributed by atoms with E-state index in [0.29, 0.717) is 0 Å². The number of rotatable bonds is 7. The number of furan rings is 1. The van der Waals surface area contributed by atoms with Gasteiger partial charge in [0, 0.05) is 0 Å². The third kappa shape index (κ3) is 6.33. The fourth-order valence-corrected chi connectivity index (χ4v) is 3.77. The normalized spacial score (nSPS) is 13.9. The number of alkyl carbamates (subject to hydrolysis) is 1. The second kappa shape index (κ2) is 9.31. The zero-order valence-corrected chi connectivity index (χ0v) is 18.3. The molecule has 0 saturated heterocycles. The first-order valence-corrected chi connectivity index (χ1v) is 10.6. The third-order valence-electron chi connectivity index (χ3n) is 3.92. The van der Waals surface area contributed by atoms with Gasteiger partial charge in [0.05, 0.1) is 18.3 Å². The molecule has 0 fully saturated rings. The Morgan fingerprint density at radius 3 is 2.23 bits per heavy atom. The van der Waals surface area contributed by atoms with Gasteiger partial charge >= 0.3 is 12.1 Å². The molecule has 30 heavy (non-hydrogen) atoms. The molecule has 0 aliphatic carbocycles. The first-order valence-electron chi connectivity index (χ1n) is 9.13. The van der Waals surface area contributed by atoms with Gasteiger partial charge in [-0.2, -0.15) is 4.72 Å². The molecule has 0 saturated carbocycles. The van der Waals surface area contributed by atoms with Crippen molar-refractivity contribution in [3.8, 4) is 0 Å². The van der Waals surface area contributed by atoms with Crippen molar-refractivity contribution < 1.29 is 31.9 Å². The number of hydrogen-bond donors (Lipinski definition) is 2. The van der Waals surface area contributed by atoms with E-state index in [1.165, 1.54) is 30.5 Å². The van der Waals surface area contributed by atoms with E-state index in [0.717, 1.165) is 12.7 Å². The van der Waals surface area contributed by atoms with Crippen LogP contribution in [0.3, 0.4) is 0 Å². The van der Waals surface area contributed by atoms with Crippen LogP contribution in [0, 0.1) is 6.92 Å². The predicted molar refractivity (Wildman–Crippen MR) is 108 cm³/mol. The number of carbonyl (C=O) groups is 2. The molecule has 0 spiro atoms. The van der Waals surface area contributed by atoms with Gasteiger partial charge in [0.15, 0.2) is 6.04 Å². The molecule has 9 nitrogen and oxygen atoms in total. The molecule has 1 aromatic carbocycles.